The molecule has 9 heteroatoms. The van der Waals surface area contributed by atoms with Crippen LogP contribution in [0.1, 0.15) is 24.4 Å². The standard InChI is InChI=1S/C11H16N4O4S/c1-2-7(10-13-3-4-20-10)14-11(19)15(5-8(12)16)6-9(17)18/h3-4,7H,2,5-6H2,1H3,(H2,12,16)(H,14,19)(H,17,18). The molecule has 0 fully saturated rings. The molecule has 0 bridgehead atoms. The maximum absolute atomic E-state index is 12.0. The van der Waals surface area contributed by atoms with Gasteiger partial charge in [0.05, 0.1) is 6.04 Å². The number of carboxylic acid groups (broad SMARTS) is 1. The lowest BCUT2D eigenvalue weighted by Crippen LogP contribution is -2.47. The smallest absolute Gasteiger partial charge is 0.323 e. The molecule has 1 unspecified atom stereocenters. The molecule has 1 aromatic heterocycles. The van der Waals surface area contributed by atoms with Crippen LogP contribution in [0, 0.1) is 0 Å². The zero-order valence-electron chi connectivity index (χ0n) is 10.9. The first-order valence-corrected chi connectivity index (χ1v) is 6.77. The molecule has 3 amide bonds. The summed E-state index contributed by atoms with van der Waals surface area (Å²) in [4.78, 5) is 38.5. The van der Waals surface area contributed by atoms with Crippen molar-refractivity contribution in [3.8, 4) is 0 Å². The number of nitrogens with zero attached hydrogens (tertiary/aromatic N) is 2. The van der Waals surface area contributed by atoms with E-state index in [4.69, 9.17) is 10.8 Å². The minimum atomic E-state index is -1.22. The molecule has 0 aliphatic heterocycles. The van der Waals surface area contributed by atoms with Gasteiger partial charge in [0.2, 0.25) is 5.91 Å². The first-order valence-electron chi connectivity index (χ1n) is 5.89. The van der Waals surface area contributed by atoms with Gasteiger partial charge < -0.3 is 21.1 Å². The van der Waals surface area contributed by atoms with Crippen LogP contribution in [0.5, 0.6) is 0 Å². The minimum absolute atomic E-state index is 0.327. The third-order valence-corrected chi connectivity index (χ3v) is 3.30. The van der Waals surface area contributed by atoms with E-state index in [9.17, 15) is 14.4 Å². The third-order valence-electron chi connectivity index (χ3n) is 2.42. The van der Waals surface area contributed by atoms with E-state index in [1.807, 2.05) is 6.92 Å². The van der Waals surface area contributed by atoms with Crippen LogP contribution in [-0.2, 0) is 9.59 Å². The largest absolute Gasteiger partial charge is 0.480 e. The van der Waals surface area contributed by atoms with Crippen LogP contribution < -0.4 is 11.1 Å². The number of aromatic nitrogens is 1. The molecular formula is C11H16N4O4S. The predicted molar refractivity (Wildman–Crippen MR) is 72.1 cm³/mol. The van der Waals surface area contributed by atoms with E-state index in [1.54, 1.807) is 11.6 Å². The van der Waals surface area contributed by atoms with Crippen molar-refractivity contribution in [2.45, 2.75) is 19.4 Å². The van der Waals surface area contributed by atoms with Crippen LogP contribution in [0.2, 0.25) is 0 Å². The Morgan fingerprint density at radius 1 is 1.50 bits per heavy atom. The highest BCUT2D eigenvalue weighted by Gasteiger charge is 2.22. The topological polar surface area (TPSA) is 126 Å². The molecule has 8 nitrogen and oxygen atoms in total. The summed E-state index contributed by atoms with van der Waals surface area (Å²) in [5, 5.41) is 13.9. The summed E-state index contributed by atoms with van der Waals surface area (Å²) in [5.74, 6) is -1.99. The number of nitrogens with two attached hydrogens (primary N) is 1. The lowest BCUT2D eigenvalue weighted by atomic mass is 10.2. The summed E-state index contributed by atoms with van der Waals surface area (Å²) >= 11 is 1.38. The Kier molecular flexibility index (Phi) is 5.91. The highest BCUT2D eigenvalue weighted by atomic mass is 32.1. The zero-order chi connectivity index (χ0) is 15.1. The maximum Gasteiger partial charge on any atom is 0.323 e. The van der Waals surface area contributed by atoms with Crippen molar-refractivity contribution in [1.29, 1.82) is 0 Å². The number of primary amides is 1. The van der Waals surface area contributed by atoms with E-state index in [0.717, 1.165) is 9.91 Å². The van der Waals surface area contributed by atoms with Crippen LogP contribution >= 0.6 is 11.3 Å². The lowest BCUT2D eigenvalue weighted by Gasteiger charge is -2.22. The van der Waals surface area contributed by atoms with Gasteiger partial charge >= 0.3 is 12.0 Å². The lowest BCUT2D eigenvalue weighted by molar-refractivity contribution is -0.137. The number of hydrogen-bond acceptors (Lipinski definition) is 5. The van der Waals surface area contributed by atoms with Crippen molar-refractivity contribution in [2.75, 3.05) is 13.1 Å². The van der Waals surface area contributed by atoms with Crippen molar-refractivity contribution in [1.82, 2.24) is 15.2 Å². The second kappa shape index (κ2) is 7.43. The first kappa shape index (κ1) is 15.9. The van der Waals surface area contributed by atoms with Gasteiger partial charge in [0.1, 0.15) is 18.1 Å². The molecule has 0 aliphatic rings. The Balaban J connectivity index is 2.73. The van der Waals surface area contributed by atoms with E-state index in [0.29, 0.717) is 6.42 Å². The van der Waals surface area contributed by atoms with Gasteiger partial charge in [-0.25, -0.2) is 9.78 Å². The van der Waals surface area contributed by atoms with E-state index < -0.39 is 31.0 Å². The summed E-state index contributed by atoms with van der Waals surface area (Å²) in [6.07, 6.45) is 2.21. The van der Waals surface area contributed by atoms with Gasteiger partial charge in [0.25, 0.3) is 0 Å². The number of amides is 3. The van der Waals surface area contributed by atoms with Gasteiger partial charge in [0, 0.05) is 11.6 Å². The fourth-order valence-electron chi connectivity index (χ4n) is 1.54. The summed E-state index contributed by atoms with van der Waals surface area (Å²) in [7, 11) is 0. The molecule has 4 N–H and O–H groups in total. The van der Waals surface area contributed by atoms with Crippen molar-refractivity contribution in [2.24, 2.45) is 5.73 Å². The molecule has 0 saturated heterocycles. The van der Waals surface area contributed by atoms with E-state index in [1.165, 1.54) is 11.3 Å². The Bertz CT molecular complexity index is 461. The number of rotatable bonds is 7. The normalized spacial score (nSPS) is 11.7. The Labute approximate surface area is 119 Å². The second-order valence-electron chi connectivity index (χ2n) is 4.00. The molecule has 0 saturated carbocycles. The highest BCUT2D eigenvalue weighted by molar-refractivity contribution is 7.09. The fourth-order valence-corrected chi connectivity index (χ4v) is 2.31. The van der Waals surface area contributed by atoms with E-state index in [-0.39, 0.29) is 6.04 Å². The molecule has 20 heavy (non-hydrogen) atoms. The van der Waals surface area contributed by atoms with Crippen LogP contribution in [0.3, 0.4) is 0 Å². The number of hydrogen-bond donors (Lipinski definition) is 3. The van der Waals surface area contributed by atoms with Gasteiger partial charge in [-0.1, -0.05) is 6.92 Å². The number of nitrogens with one attached hydrogen (secondary N) is 1. The highest BCUT2D eigenvalue weighted by Crippen LogP contribution is 2.18. The summed E-state index contributed by atoms with van der Waals surface area (Å²) in [5.41, 5.74) is 5.00. The molecule has 1 aromatic rings. The van der Waals surface area contributed by atoms with Crippen LogP contribution in [0.4, 0.5) is 4.79 Å². The minimum Gasteiger partial charge on any atom is -0.480 e. The SMILES string of the molecule is CCC(NC(=O)N(CC(N)=O)CC(=O)O)c1nccs1. The average Bonchev–Trinajstić information content (AvgIpc) is 2.87. The quantitative estimate of drug-likeness (QED) is 0.662. The number of carbonyl (C=O) groups excluding carboxylic acids is 2. The second-order valence-corrected chi connectivity index (χ2v) is 4.92. The molecule has 0 aromatic carbocycles. The average molecular weight is 300 g/mol. The van der Waals surface area contributed by atoms with Crippen LogP contribution in [0.15, 0.2) is 11.6 Å². The Hall–Kier alpha value is -2.16. The molecule has 1 atom stereocenters. The molecule has 110 valence electrons. The number of aliphatic carboxylic acids is 1. The molecule has 1 rings (SSSR count). The van der Waals surface area contributed by atoms with Gasteiger partial charge in [-0.15, -0.1) is 11.3 Å². The van der Waals surface area contributed by atoms with Crippen LogP contribution in [0.25, 0.3) is 0 Å². The van der Waals surface area contributed by atoms with Gasteiger partial charge in [-0.2, -0.15) is 0 Å². The first-order chi connectivity index (χ1) is 9.43. The Morgan fingerprint density at radius 2 is 2.20 bits per heavy atom. The van der Waals surface area contributed by atoms with Crippen molar-refractivity contribution >= 4 is 29.2 Å². The predicted octanol–water partition coefficient (Wildman–Crippen LogP) is 0.176. The number of thiazole rings is 1. The van der Waals surface area contributed by atoms with E-state index in [2.05, 4.69) is 10.3 Å². The van der Waals surface area contributed by atoms with Crippen molar-refractivity contribution < 1.29 is 19.5 Å². The number of carboxylic acids is 1. The molecule has 1 heterocycles. The molecule has 0 aliphatic carbocycles. The summed E-state index contributed by atoms with van der Waals surface area (Å²) in [6.45, 7) is 0.817. The van der Waals surface area contributed by atoms with E-state index >= 15 is 0 Å². The fraction of sp³-hybridized carbons (Fsp3) is 0.455. The number of urea groups is 1. The van der Waals surface area contributed by atoms with Gasteiger partial charge in [-0.05, 0) is 6.42 Å². The Morgan fingerprint density at radius 3 is 2.65 bits per heavy atom. The third kappa shape index (κ3) is 4.84. The zero-order valence-corrected chi connectivity index (χ0v) is 11.7. The monoisotopic (exact) mass is 300 g/mol. The maximum atomic E-state index is 12.0. The van der Waals surface area contributed by atoms with Gasteiger partial charge in [0.15, 0.2) is 0 Å². The molecule has 0 spiro atoms. The molecule has 0 radical (unpaired) electrons. The van der Waals surface area contributed by atoms with Crippen molar-refractivity contribution in [3.63, 3.8) is 0 Å². The van der Waals surface area contributed by atoms with Crippen LogP contribution in [-0.4, -0.2) is 46.0 Å². The number of carbonyl (C=O) groups is 3. The molecular weight excluding hydrogens is 284 g/mol. The van der Waals surface area contributed by atoms with Crippen molar-refractivity contribution in [3.05, 3.63) is 16.6 Å². The van der Waals surface area contributed by atoms with Gasteiger partial charge in [-0.3, -0.25) is 9.59 Å². The summed E-state index contributed by atoms with van der Waals surface area (Å²) in [6, 6.07) is -0.986. The summed E-state index contributed by atoms with van der Waals surface area (Å²) < 4.78 is 0.